The van der Waals surface area contributed by atoms with E-state index in [1.807, 2.05) is 6.20 Å². The number of hydrogen-bond donors (Lipinski definition) is 1. The maximum atomic E-state index is 4.36. The largest absolute Gasteiger partial charge is 0.310 e. The van der Waals surface area contributed by atoms with Gasteiger partial charge >= 0.3 is 0 Å². The van der Waals surface area contributed by atoms with Crippen LogP contribution < -0.4 is 5.32 Å². The zero-order chi connectivity index (χ0) is 9.10. The Balaban J connectivity index is 2.12. The average Bonchev–Trinajstić information content (AvgIpc) is 2.71. The first-order valence-corrected chi connectivity index (χ1v) is 5.86. The highest BCUT2D eigenvalue weighted by Crippen LogP contribution is 2.23. The summed E-state index contributed by atoms with van der Waals surface area (Å²) in [4.78, 5) is 4.36. The molecule has 1 aromatic heterocycles. The molecule has 2 nitrogen and oxygen atoms in total. The minimum atomic E-state index is 0.545. The normalized spacial score (nSPS) is 22.1. The van der Waals surface area contributed by atoms with E-state index in [2.05, 4.69) is 28.7 Å². The molecule has 1 aliphatic heterocycles. The van der Waals surface area contributed by atoms with Crippen molar-refractivity contribution in [1.82, 2.24) is 10.3 Å². The van der Waals surface area contributed by atoms with Gasteiger partial charge in [0.1, 0.15) is 0 Å². The Morgan fingerprint density at radius 3 is 3.00 bits per heavy atom. The van der Waals surface area contributed by atoms with Gasteiger partial charge in [0.15, 0.2) is 0 Å². The van der Waals surface area contributed by atoms with E-state index in [9.17, 15) is 0 Å². The lowest BCUT2D eigenvalue weighted by atomic mass is 10.1. The maximum absolute atomic E-state index is 4.36. The highest BCUT2D eigenvalue weighted by Gasteiger charge is 2.15. The summed E-state index contributed by atoms with van der Waals surface area (Å²) >= 11 is 1.69. The molecule has 70 valence electrons. The fourth-order valence-electron chi connectivity index (χ4n) is 1.69. The van der Waals surface area contributed by atoms with Crippen LogP contribution in [-0.2, 0) is 0 Å². The third kappa shape index (κ3) is 2.03. The molecule has 1 fully saturated rings. The summed E-state index contributed by atoms with van der Waals surface area (Å²) in [6.07, 6.45) is 6.58. The van der Waals surface area contributed by atoms with E-state index in [4.69, 9.17) is 0 Å². The Bertz CT molecular complexity index is 265. The van der Waals surface area contributed by atoms with Gasteiger partial charge in [0.05, 0.1) is 5.03 Å². The Hall–Kier alpha value is -0.540. The van der Waals surface area contributed by atoms with E-state index in [0.717, 1.165) is 11.6 Å². The lowest BCUT2D eigenvalue weighted by molar-refractivity contribution is 0.643. The van der Waals surface area contributed by atoms with E-state index >= 15 is 0 Å². The monoisotopic (exact) mass is 194 g/mol. The molecule has 2 heterocycles. The molecule has 0 bridgehead atoms. The highest BCUT2D eigenvalue weighted by molar-refractivity contribution is 7.98. The van der Waals surface area contributed by atoms with E-state index in [-0.39, 0.29) is 0 Å². The number of rotatable bonds is 2. The number of nitrogens with zero attached hydrogens (tertiary/aromatic N) is 1. The van der Waals surface area contributed by atoms with Crippen molar-refractivity contribution in [2.24, 2.45) is 0 Å². The molecule has 3 heteroatoms. The van der Waals surface area contributed by atoms with Crippen molar-refractivity contribution < 1.29 is 0 Å². The minimum absolute atomic E-state index is 0.545. The van der Waals surface area contributed by atoms with Gasteiger partial charge in [0.25, 0.3) is 0 Å². The van der Waals surface area contributed by atoms with Crippen molar-refractivity contribution in [2.75, 3.05) is 12.8 Å². The van der Waals surface area contributed by atoms with Crippen molar-refractivity contribution in [1.29, 1.82) is 0 Å². The van der Waals surface area contributed by atoms with E-state index < -0.39 is 0 Å². The van der Waals surface area contributed by atoms with Crippen molar-refractivity contribution in [3.63, 3.8) is 0 Å². The summed E-state index contributed by atoms with van der Waals surface area (Å²) in [7, 11) is 0. The molecule has 0 saturated carbocycles. The fraction of sp³-hybridized carbons (Fsp3) is 0.500. The first-order valence-electron chi connectivity index (χ1n) is 4.63. The van der Waals surface area contributed by atoms with Crippen LogP contribution in [0.2, 0.25) is 0 Å². The van der Waals surface area contributed by atoms with Crippen LogP contribution in [0.3, 0.4) is 0 Å². The van der Waals surface area contributed by atoms with Gasteiger partial charge in [-0.2, -0.15) is 0 Å². The van der Waals surface area contributed by atoms with Crippen molar-refractivity contribution in [2.45, 2.75) is 23.9 Å². The number of nitrogens with one attached hydrogen (secondary N) is 1. The minimum Gasteiger partial charge on any atom is -0.310 e. The van der Waals surface area contributed by atoms with Gasteiger partial charge in [-0.3, -0.25) is 0 Å². The summed E-state index contributed by atoms with van der Waals surface area (Å²) in [6.45, 7) is 1.15. The maximum Gasteiger partial charge on any atom is 0.0957 e. The summed E-state index contributed by atoms with van der Waals surface area (Å²) in [5, 5.41) is 4.56. The Labute approximate surface area is 83.1 Å². The summed E-state index contributed by atoms with van der Waals surface area (Å²) in [5.41, 5.74) is 1.33. The molecule has 13 heavy (non-hydrogen) atoms. The molecule has 1 aliphatic rings. The molecular weight excluding hydrogens is 180 g/mol. The molecule has 0 radical (unpaired) electrons. The molecule has 0 aliphatic carbocycles. The van der Waals surface area contributed by atoms with Crippen LogP contribution in [0.1, 0.15) is 24.4 Å². The van der Waals surface area contributed by atoms with Crippen molar-refractivity contribution in [3.8, 4) is 0 Å². The Kier molecular flexibility index (Phi) is 2.86. The van der Waals surface area contributed by atoms with Crippen molar-refractivity contribution in [3.05, 3.63) is 23.9 Å². The van der Waals surface area contributed by atoms with Crippen molar-refractivity contribution >= 4 is 11.8 Å². The predicted molar refractivity (Wildman–Crippen MR) is 56.0 cm³/mol. The van der Waals surface area contributed by atoms with Crippen LogP contribution in [-0.4, -0.2) is 17.8 Å². The zero-order valence-electron chi connectivity index (χ0n) is 7.79. The van der Waals surface area contributed by atoms with Crippen LogP contribution in [0.15, 0.2) is 23.4 Å². The number of hydrogen-bond acceptors (Lipinski definition) is 3. The summed E-state index contributed by atoms with van der Waals surface area (Å²) in [6, 6.07) is 4.82. The van der Waals surface area contributed by atoms with E-state index in [1.54, 1.807) is 11.8 Å². The Morgan fingerprint density at radius 2 is 2.46 bits per heavy atom. The summed E-state index contributed by atoms with van der Waals surface area (Å²) in [5.74, 6) is 0. The van der Waals surface area contributed by atoms with Crippen LogP contribution in [0.25, 0.3) is 0 Å². The molecule has 0 amide bonds. The van der Waals surface area contributed by atoms with E-state index in [1.165, 1.54) is 18.4 Å². The average molecular weight is 194 g/mol. The number of aromatic nitrogens is 1. The van der Waals surface area contributed by atoms with Gasteiger partial charge in [0.2, 0.25) is 0 Å². The standard InChI is InChI=1S/C10H14N2S/c1-13-10-5-4-8(7-12-10)9-3-2-6-11-9/h4-5,7,9,11H,2-3,6H2,1H3/t9-/m1/s1. The predicted octanol–water partition coefficient (Wildman–Crippen LogP) is 2.23. The SMILES string of the molecule is CSc1ccc([C@H]2CCCN2)cn1. The van der Waals surface area contributed by atoms with Gasteiger partial charge in [-0.1, -0.05) is 6.07 Å². The van der Waals surface area contributed by atoms with Crippen LogP contribution in [0.5, 0.6) is 0 Å². The topological polar surface area (TPSA) is 24.9 Å². The third-order valence-electron chi connectivity index (χ3n) is 2.43. The molecular formula is C10H14N2S. The number of thioether (sulfide) groups is 1. The lowest BCUT2D eigenvalue weighted by Gasteiger charge is -2.09. The number of pyridine rings is 1. The van der Waals surface area contributed by atoms with E-state index in [0.29, 0.717) is 6.04 Å². The first kappa shape index (κ1) is 9.03. The first-order chi connectivity index (χ1) is 6.40. The van der Waals surface area contributed by atoms with Gasteiger partial charge in [-0.05, 0) is 37.3 Å². The highest BCUT2D eigenvalue weighted by atomic mass is 32.2. The van der Waals surface area contributed by atoms with Gasteiger partial charge in [-0.25, -0.2) is 4.98 Å². The fourth-order valence-corrected chi connectivity index (χ4v) is 2.05. The second kappa shape index (κ2) is 4.11. The molecule has 1 atom stereocenters. The second-order valence-electron chi connectivity index (χ2n) is 3.28. The second-order valence-corrected chi connectivity index (χ2v) is 4.11. The van der Waals surface area contributed by atoms with Crippen LogP contribution in [0, 0.1) is 0 Å². The zero-order valence-corrected chi connectivity index (χ0v) is 8.60. The quantitative estimate of drug-likeness (QED) is 0.731. The van der Waals surface area contributed by atoms with Gasteiger partial charge in [0, 0.05) is 12.2 Å². The molecule has 1 aromatic rings. The van der Waals surface area contributed by atoms with Crippen LogP contribution >= 0.6 is 11.8 Å². The molecule has 2 rings (SSSR count). The Morgan fingerprint density at radius 1 is 1.54 bits per heavy atom. The lowest BCUT2D eigenvalue weighted by Crippen LogP contribution is -2.12. The molecule has 0 spiro atoms. The molecule has 0 aromatic carbocycles. The summed E-state index contributed by atoms with van der Waals surface area (Å²) < 4.78 is 0. The van der Waals surface area contributed by atoms with Crippen LogP contribution in [0.4, 0.5) is 0 Å². The molecule has 1 saturated heterocycles. The van der Waals surface area contributed by atoms with Gasteiger partial charge in [-0.15, -0.1) is 11.8 Å². The molecule has 1 N–H and O–H groups in total. The smallest absolute Gasteiger partial charge is 0.0957 e. The third-order valence-corrected chi connectivity index (χ3v) is 3.09. The molecule has 0 unspecified atom stereocenters. The van der Waals surface area contributed by atoms with Gasteiger partial charge < -0.3 is 5.32 Å².